The molecule has 0 aliphatic rings. The first-order valence-electron chi connectivity index (χ1n) is 4.84. The summed E-state index contributed by atoms with van der Waals surface area (Å²) in [6.45, 7) is 1.98. The number of aromatic nitrogens is 1. The van der Waals surface area contributed by atoms with E-state index in [4.69, 9.17) is 21.1 Å². The second kappa shape index (κ2) is 4.18. The van der Waals surface area contributed by atoms with E-state index in [9.17, 15) is 0 Å². The van der Waals surface area contributed by atoms with Gasteiger partial charge in [0, 0.05) is 11.5 Å². The topological polar surface area (TPSA) is 31.4 Å². The van der Waals surface area contributed by atoms with Crippen LogP contribution in [-0.2, 0) is 0 Å². The van der Waals surface area contributed by atoms with Crippen molar-refractivity contribution in [1.29, 1.82) is 0 Å². The van der Waals surface area contributed by atoms with Crippen molar-refractivity contribution in [2.45, 2.75) is 6.92 Å². The van der Waals surface area contributed by atoms with Gasteiger partial charge < -0.3 is 9.47 Å². The number of nitrogens with zero attached hydrogens (tertiary/aromatic N) is 1. The molecule has 0 aliphatic heterocycles. The van der Waals surface area contributed by atoms with Gasteiger partial charge in [0.15, 0.2) is 0 Å². The fourth-order valence-corrected chi connectivity index (χ4v) is 1.92. The molecule has 0 atom stereocenters. The Kier molecular flexibility index (Phi) is 2.88. The summed E-state index contributed by atoms with van der Waals surface area (Å²) in [6, 6.07) is 5.55. The highest BCUT2D eigenvalue weighted by atomic mass is 35.5. The summed E-state index contributed by atoms with van der Waals surface area (Å²) in [5.41, 5.74) is 1.81. The van der Waals surface area contributed by atoms with E-state index < -0.39 is 0 Å². The summed E-state index contributed by atoms with van der Waals surface area (Å²) in [4.78, 5) is 4.27. The number of hydrogen-bond acceptors (Lipinski definition) is 3. The molecule has 3 nitrogen and oxygen atoms in total. The van der Waals surface area contributed by atoms with Crippen LogP contribution < -0.4 is 9.47 Å². The van der Waals surface area contributed by atoms with Crippen molar-refractivity contribution in [1.82, 2.24) is 4.98 Å². The first kappa shape index (κ1) is 11.0. The van der Waals surface area contributed by atoms with Crippen molar-refractivity contribution in [2.75, 3.05) is 14.2 Å². The molecular formula is C12H12ClNO2. The van der Waals surface area contributed by atoms with Crippen molar-refractivity contribution in [3.8, 4) is 11.5 Å². The van der Waals surface area contributed by atoms with Gasteiger partial charge >= 0.3 is 0 Å². The molecule has 2 rings (SSSR count). The van der Waals surface area contributed by atoms with E-state index in [2.05, 4.69) is 4.98 Å². The van der Waals surface area contributed by atoms with Gasteiger partial charge in [-0.25, -0.2) is 4.98 Å². The average Bonchev–Trinajstić information content (AvgIpc) is 2.28. The van der Waals surface area contributed by atoms with Gasteiger partial charge in [-0.3, -0.25) is 0 Å². The highest BCUT2D eigenvalue weighted by molar-refractivity contribution is 6.30. The molecule has 0 amide bonds. The van der Waals surface area contributed by atoms with Gasteiger partial charge in [-0.15, -0.1) is 0 Å². The minimum absolute atomic E-state index is 0.466. The number of hydrogen-bond donors (Lipinski definition) is 0. The lowest BCUT2D eigenvalue weighted by Gasteiger charge is -2.10. The lowest BCUT2D eigenvalue weighted by Crippen LogP contribution is -1.92. The van der Waals surface area contributed by atoms with Crippen molar-refractivity contribution >= 4 is 22.5 Å². The van der Waals surface area contributed by atoms with E-state index in [1.165, 1.54) is 0 Å². The number of aryl methyl sites for hydroxylation is 1. The van der Waals surface area contributed by atoms with Crippen LogP contribution in [-0.4, -0.2) is 19.2 Å². The molecule has 2 aromatic rings. The molecule has 84 valence electrons. The van der Waals surface area contributed by atoms with Crippen molar-refractivity contribution in [2.24, 2.45) is 0 Å². The molecule has 0 saturated carbocycles. The van der Waals surface area contributed by atoms with Gasteiger partial charge in [-0.1, -0.05) is 11.6 Å². The van der Waals surface area contributed by atoms with Crippen LogP contribution in [0.4, 0.5) is 0 Å². The van der Waals surface area contributed by atoms with Crippen LogP contribution in [0, 0.1) is 6.92 Å². The van der Waals surface area contributed by atoms with Crippen LogP contribution in [0.5, 0.6) is 11.5 Å². The predicted molar refractivity (Wildman–Crippen MR) is 64.6 cm³/mol. The predicted octanol–water partition coefficient (Wildman–Crippen LogP) is 3.21. The number of benzene rings is 1. The van der Waals surface area contributed by atoms with Crippen LogP contribution >= 0.6 is 11.6 Å². The molecule has 0 aliphatic carbocycles. The van der Waals surface area contributed by atoms with Gasteiger partial charge in [-0.05, 0) is 24.6 Å². The van der Waals surface area contributed by atoms with Gasteiger partial charge in [0.2, 0.25) is 0 Å². The fourth-order valence-electron chi connectivity index (χ4n) is 1.67. The number of methoxy groups -OCH3 is 2. The summed E-state index contributed by atoms with van der Waals surface area (Å²) in [6.07, 6.45) is 0. The van der Waals surface area contributed by atoms with E-state index in [0.717, 1.165) is 22.2 Å². The Morgan fingerprint density at radius 2 is 1.88 bits per heavy atom. The number of halogens is 1. The van der Waals surface area contributed by atoms with Crippen molar-refractivity contribution < 1.29 is 9.47 Å². The number of rotatable bonds is 2. The first-order valence-corrected chi connectivity index (χ1v) is 5.22. The zero-order valence-corrected chi connectivity index (χ0v) is 10.1. The average molecular weight is 238 g/mol. The third-order valence-electron chi connectivity index (χ3n) is 2.48. The van der Waals surface area contributed by atoms with E-state index in [0.29, 0.717) is 10.9 Å². The first-order chi connectivity index (χ1) is 7.65. The Morgan fingerprint density at radius 3 is 2.50 bits per heavy atom. The summed E-state index contributed by atoms with van der Waals surface area (Å²) in [5, 5.41) is 1.45. The van der Waals surface area contributed by atoms with Gasteiger partial charge in [0.25, 0.3) is 0 Å². The fraction of sp³-hybridized carbons (Fsp3) is 0.250. The summed E-state index contributed by atoms with van der Waals surface area (Å²) < 4.78 is 10.5. The molecule has 0 saturated heterocycles. The van der Waals surface area contributed by atoms with Crippen molar-refractivity contribution in [3.63, 3.8) is 0 Å². The Hall–Kier alpha value is -1.48. The van der Waals surface area contributed by atoms with E-state index in [-0.39, 0.29) is 0 Å². The summed E-state index contributed by atoms with van der Waals surface area (Å²) in [7, 11) is 3.23. The van der Waals surface area contributed by atoms with Gasteiger partial charge in [-0.2, -0.15) is 0 Å². The molecule has 0 bridgehead atoms. The van der Waals surface area contributed by atoms with Gasteiger partial charge in [0.1, 0.15) is 22.2 Å². The molecule has 16 heavy (non-hydrogen) atoms. The highest BCUT2D eigenvalue weighted by Crippen LogP contribution is 2.32. The van der Waals surface area contributed by atoms with Gasteiger partial charge in [0.05, 0.1) is 14.2 Å². The Labute approximate surface area is 99.0 Å². The minimum atomic E-state index is 0.466. The maximum atomic E-state index is 5.93. The second-order valence-corrected chi connectivity index (χ2v) is 3.87. The molecule has 0 unspecified atom stereocenters. The Bertz CT molecular complexity index is 540. The number of ether oxygens (including phenoxy) is 2. The molecule has 0 radical (unpaired) electrons. The maximum absolute atomic E-state index is 5.93. The maximum Gasteiger partial charge on any atom is 0.148 e. The summed E-state index contributed by atoms with van der Waals surface area (Å²) in [5.74, 6) is 1.41. The molecule has 0 spiro atoms. The van der Waals surface area contributed by atoms with Crippen LogP contribution in [0.1, 0.15) is 5.56 Å². The van der Waals surface area contributed by atoms with Crippen molar-refractivity contribution in [3.05, 3.63) is 28.9 Å². The van der Waals surface area contributed by atoms with E-state index in [1.807, 2.05) is 19.1 Å². The standard InChI is InChI=1S/C12H12ClNO2/c1-7-4-11(13)14-12-9(7)5-8(15-2)6-10(12)16-3/h4-6H,1-3H3. The molecule has 4 heteroatoms. The van der Waals surface area contributed by atoms with Crippen LogP contribution in [0.3, 0.4) is 0 Å². The Morgan fingerprint density at radius 1 is 1.12 bits per heavy atom. The normalized spacial score (nSPS) is 10.5. The molecule has 0 fully saturated rings. The monoisotopic (exact) mass is 237 g/mol. The molecule has 1 heterocycles. The van der Waals surface area contributed by atoms with E-state index >= 15 is 0 Å². The Balaban J connectivity index is 2.83. The van der Waals surface area contributed by atoms with Crippen LogP contribution in [0.25, 0.3) is 10.9 Å². The smallest absolute Gasteiger partial charge is 0.148 e. The molecule has 1 aromatic carbocycles. The SMILES string of the molecule is COc1cc(OC)c2nc(Cl)cc(C)c2c1. The third-order valence-corrected chi connectivity index (χ3v) is 2.68. The molecule has 0 N–H and O–H groups in total. The lowest BCUT2D eigenvalue weighted by atomic mass is 10.1. The summed E-state index contributed by atoms with van der Waals surface area (Å²) >= 11 is 5.93. The number of fused-ring (bicyclic) bond motifs is 1. The molecule has 1 aromatic heterocycles. The quantitative estimate of drug-likeness (QED) is 0.752. The molecular weight excluding hydrogens is 226 g/mol. The second-order valence-electron chi connectivity index (χ2n) is 3.49. The van der Waals surface area contributed by atoms with Crippen LogP contribution in [0.2, 0.25) is 5.15 Å². The number of pyridine rings is 1. The minimum Gasteiger partial charge on any atom is -0.497 e. The lowest BCUT2D eigenvalue weighted by molar-refractivity contribution is 0.397. The zero-order valence-electron chi connectivity index (χ0n) is 9.37. The third kappa shape index (κ3) is 1.78. The largest absolute Gasteiger partial charge is 0.497 e. The van der Waals surface area contributed by atoms with E-state index in [1.54, 1.807) is 20.3 Å². The zero-order chi connectivity index (χ0) is 11.7. The van der Waals surface area contributed by atoms with Crippen LogP contribution in [0.15, 0.2) is 18.2 Å². The highest BCUT2D eigenvalue weighted by Gasteiger charge is 2.09.